The average molecular weight is 222 g/mol. The van der Waals surface area contributed by atoms with E-state index in [1.165, 1.54) is 23.0 Å². The summed E-state index contributed by atoms with van der Waals surface area (Å²) in [4.78, 5) is 3.92. The molecule has 84 valence electrons. The number of hydrogen-bond acceptors (Lipinski definition) is 5. The number of nitrogens with two attached hydrogens (primary N) is 1. The van der Waals surface area contributed by atoms with Crippen LogP contribution in [0.25, 0.3) is 11.5 Å². The molecule has 0 radical (unpaired) electrons. The molecule has 0 spiro atoms. The zero-order chi connectivity index (χ0) is 11.4. The number of nitrogens with zero attached hydrogens (tertiary/aromatic N) is 5. The molecule has 0 aliphatic heterocycles. The number of pyridine rings is 1. The van der Waals surface area contributed by atoms with E-state index in [4.69, 9.17) is 5.73 Å². The molecule has 2 aromatic rings. The first kappa shape index (κ1) is 10.6. The van der Waals surface area contributed by atoms with Gasteiger partial charge in [0.15, 0.2) is 5.82 Å². The highest BCUT2D eigenvalue weighted by molar-refractivity contribution is 5.48. The van der Waals surface area contributed by atoms with Crippen LogP contribution in [0.2, 0.25) is 0 Å². The number of tetrazole rings is 1. The molecule has 0 atom stereocenters. The van der Waals surface area contributed by atoms with E-state index in [2.05, 4.69) is 20.5 Å². The van der Waals surface area contributed by atoms with Crippen LogP contribution in [0, 0.1) is 5.82 Å². The Morgan fingerprint density at radius 3 is 3.06 bits per heavy atom. The summed E-state index contributed by atoms with van der Waals surface area (Å²) < 4.78 is 15.0. The van der Waals surface area contributed by atoms with Crippen molar-refractivity contribution in [3.05, 3.63) is 24.1 Å². The minimum atomic E-state index is -0.439. The summed E-state index contributed by atoms with van der Waals surface area (Å²) in [5.41, 5.74) is 5.55. The minimum Gasteiger partial charge on any atom is -0.330 e. The zero-order valence-corrected chi connectivity index (χ0v) is 8.54. The molecule has 2 N–H and O–H groups in total. The molecule has 0 fully saturated rings. The molecule has 0 saturated heterocycles. The molecular formula is C9H11FN6. The summed E-state index contributed by atoms with van der Waals surface area (Å²) in [7, 11) is 0. The van der Waals surface area contributed by atoms with E-state index in [0.29, 0.717) is 18.9 Å². The first-order valence-electron chi connectivity index (χ1n) is 4.90. The molecule has 0 unspecified atom stereocenters. The van der Waals surface area contributed by atoms with E-state index in [9.17, 15) is 4.39 Å². The van der Waals surface area contributed by atoms with Crippen molar-refractivity contribution in [3.63, 3.8) is 0 Å². The second-order valence-electron chi connectivity index (χ2n) is 3.20. The lowest BCUT2D eigenvalue weighted by Gasteiger charge is -2.03. The number of halogens is 1. The summed E-state index contributed by atoms with van der Waals surface area (Å²) in [5, 5.41) is 11.0. The molecule has 0 amide bonds. The third-order valence-electron chi connectivity index (χ3n) is 2.08. The fraction of sp³-hybridized carbons (Fsp3) is 0.333. The monoisotopic (exact) mass is 222 g/mol. The summed E-state index contributed by atoms with van der Waals surface area (Å²) in [6, 6.07) is 2.84. The maximum absolute atomic E-state index is 13.5. The normalized spacial score (nSPS) is 10.6. The molecule has 0 bridgehead atoms. The minimum absolute atomic E-state index is 0.157. The van der Waals surface area contributed by atoms with Crippen molar-refractivity contribution in [1.29, 1.82) is 0 Å². The number of rotatable bonds is 4. The lowest BCUT2D eigenvalue weighted by molar-refractivity contribution is 0.563. The predicted molar refractivity (Wildman–Crippen MR) is 54.7 cm³/mol. The molecule has 6 nitrogen and oxygen atoms in total. The van der Waals surface area contributed by atoms with Gasteiger partial charge in [0, 0.05) is 12.7 Å². The van der Waals surface area contributed by atoms with Crippen molar-refractivity contribution in [3.8, 4) is 11.5 Å². The van der Waals surface area contributed by atoms with Crippen LogP contribution in [-0.2, 0) is 6.54 Å². The maximum atomic E-state index is 13.5. The third kappa shape index (κ3) is 2.03. The van der Waals surface area contributed by atoms with Crippen LogP contribution in [0.5, 0.6) is 0 Å². The van der Waals surface area contributed by atoms with Crippen LogP contribution < -0.4 is 5.73 Å². The Morgan fingerprint density at radius 1 is 1.44 bits per heavy atom. The topological polar surface area (TPSA) is 82.5 Å². The fourth-order valence-electron chi connectivity index (χ4n) is 1.32. The largest absolute Gasteiger partial charge is 0.330 e. The van der Waals surface area contributed by atoms with Gasteiger partial charge in [-0.1, -0.05) is 0 Å². The first-order chi connectivity index (χ1) is 7.83. The van der Waals surface area contributed by atoms with Crippen LogP contribution in [0.4, 0.5) is 4.39 Å². The van der Waals surface area contributed by atoms with Gasteiger partial charge < -0.3 is 5.73 Å². The van der Waals surface area contributed by atoms with Gasteiger partial charge in [-0.25, -0.2) is 14.1 Å². The first-order valence-corrected chi connectivity index (χ1v) is 4.90. The van der Waals surface area contributed by atoms with E-state index in [0.717, 1.165) is 6.42 Å². The average Bonchev–Trinajstić information content (AvgIpc) is 2.75. The number of hydrogen-bond donors (Lipinski definition) is 1. The van der Waals surface area contributed by atoms with Crippen molar-refractivity contribution in [2.24, 2.45) is 5.73 Å². The summed E-state index contributed by atoms with van der Waals surface area (Å²) in [5.74, 6) is -0.113. The molecule has 0 aliphatic carbocycles. The van der Waals surface area contributed by atoms with Crippen molar-refractivity contribution in [2.75, 3.05) is 6.54 Å². The van der Waals surface area contributed by atoms with Crippen molar-refractivity contribution < 1.29 is 4.39 Å². The van der Waals surface area contributed by atoms with Crippen molar-refractivity contribution in [1.82, 2.24) is 25.2 Å². The quantitative estimate of drug-likeness (QED) is 0.800. The van der Waals surface area contributed by atoms with Crippen LogP contribution in [-0.4, -0.2) is 31.7 Å². The van der Waals surface area contributed by atoms with Crippen LogP contribution in [0.15, 0.2) is 18.3 Å². The Kier molecular flexibility index (Phi) is 3.16. The SMILES string of the molecule is NCCCn1nnnc1-c1ncccc1F. The molecule has 2 heterocycles. The van der Waals surface area contributed by atoms with Gasteiger partial charge in [-0.3, -0.25) is 0 Å². The molecule has 0 aromatic carbocycles. The maximum Gasteiger partial charge on any atom is 0.203 e. The number of aryl methyl sites for hydroxylation is 1. The molecule has 0 aliphatic rings. The summed E-state index contributed by atoms with van der Waals surface area (Å²) in [6.45, 7) is 1.08. The third-order valence-corrected chi connectivity index (χ3v) is 2.08. The summed E-state index contributed by atoms with van der Waals surface area (Å²) in [6.07, 6.45) is 2.23. The highest BCUT2D eigenvalue weighted by Gasteiger charge is 2.13. The van der Waals surface area contributed by atoms with Crippen LogP contribution >= 0.6 is 0 Å². The van der Waals surface area contributed by atoms with Gasteiger partial charge in [-0.15, -0.1) is 5.10 Å². The second-order valence-corrected chi connectivity index (χ2v) is 3.20. The van der Waals surface area contributed by atoms with Crippen molar-refractivity contribution >= 4 is 0 Å². The lowest BCUT2D eigenvalue weighted by atomic mass is 10.3. The predicted octanol–water partition coefficient (Wildman–Crippen LogP) is 0.223. The Labute approximate surface area is 91.3 Å². The fourth-order valence-corrected chi connectivity index (χ4v) is 1.32. The van der Waals surface area contributed by atoms with Gasteiger partial charge in [0.1, 0.15) is 5.69 Å². The highest BCUT2D eigenvalue weighted by atomic mass is 19.1. The van der Waals surface area contributed by atoms with Gasteiger partial charge >= 0.3 is 0 Å². The highest BCUT2D eigenvalue weighted by Crippen LogP contribution is 2.16. The zero-order valence-electron chi connectivity index (χ0n) is 8.54. The Balaban J connectivity index is 2.33. The van der Waals surface area contributed by atoms with E-state index >= 15 is 0 Å². The van der Waals surface area contributed by atoms with E-state index in [1.54, 1.807) is 0 Å². The van der Waals surface area contributed by atoms with Gasteiger partial charge in [-0.05, 0) is 35.5 Å². The van der Waals surface area contributed by atoms with E-state index < -0.39 is 5.82 Å². The Hall–Kier alpha value is -1.89. The standard InChI is InChI=1S/C9H11FN6/c10-7-3-1-5-12-8(7)9-13-14-15-16(9)6-2-4-11/h1,3,5H,2,4,6,11H2. The molecule has 2 rings (SSSR count). The number of aromatic nitrogens is 5. The van der Waals surface area contributed by atoms with Crippen LogP contribution in [0.1, 0.15) is 6.42 Å². The molecule has 2 aromatic heterocycles. The summed E-state index contributed by atoms with van der Waals surface area (Å²) >= 11 is 0. The smallest absolute Gasteiger partial charge is 0.203 e. The van der Waals surface area contributed by atoms with Gasteiger partial charge in [0.2, 0.25) is 5.82 Å². The lowest BCUT2D eigenvalue weighted by Crippen LogP contribution is -2.09. The van der Waals surface area contributed by atoms with Crippen LogP contribution in [0.3, 0.4) is 0 Å². The Morgan fingerprint density at radius 2 is 2.31 bits per heavy atom. The van der Waals surface area contributed by atoms with Gasteiger partial charge in [0.05, 0.1) is 0 Å². The van der Waals surface area contributed by atoms with E-state index in [-0.39, 0.29) is 5.69 Å². The molecule has 0 saturated carbocycles. The molecular weight excluding hydrogens is 211 g/mol. The Bertz CT molecular complexity index is 469. The van der Waals surface area contributed by atoms with Crippen molar-refractivity contribution in [2.45, 2.75) is 13.0 Å². The molecule has 16 heavy (non-hydrogen) atoms. The van der Waals surface area contributed by atoms with Gasteiger partial charge in [-0.2, -0.15) is 0 Å². The van der Waals surface area contributed by atoms with E-state index in [1.807, 2.05) is 0 Å². The molecule has 7 heteroatoms. The second kappa shape index (κ2) is 4.75. The van der Waals surface area contributed by atoms with Gasteiger partial charge in [0.25, 0.3) is 0 Å².